The van der Waals surface area contributed by atoms with Gasteiger partial charge in [0, 0.05) is 42.6 Å². The highest BCUT2D eigenvalue weighted by molar-refractivity contribution is 7.99. The number of halogens is 2. The Hall–Kier alpha value is -2.87. The Morgan fingerprint density at radius 2 is 1.91 bits per heavy atom. The molecule has 1 aliphatic heterocycles. The van der Waals surface area contributed by atoms with Gasteiger partial charge in [-0.25, -0.2) is 13.5 Å². The average Bonchev–Trinajstić information content (AvgIpc) is 3.09. The van der Waals surface area contributed by atoms with E-state index in [9.17, 15) is 13.6 Å². The summed E-state index contributed by atoms with van der Waals surface area (Å²) in [5, 5.41) is 4.62. The first-order chi connectivity index (χ1) is 15.4. The van der Waals surface area contributed by atoms with Crippen molar-refractivity contribution in [3.8, 4) is 17.3 Å². The van der Waals surface area contributed by atoms with Gasteiger partial charge in [0.05, 0.1) is 11.4 Å². The number of benzene rings is 2. The van der Waals surface area contributed by atoms with E-state index in [4.69, 9.17) is 4.74 Å². The second-order valence-corrected chi connectivity index (χ2v) is 9.01. The molecule has 8 heteroatoms. The van der Waals surface area contributed by atoms with Crippen LogP contribution in [-0.4, -0.2) is 45.2 Å². The quantitative estimate of drug-likeness (QED) is 0.519. The van der Waals surface area contributed by atoms with Crippen molar-refractivity contribution >= 4 is 17.7 Å². The summed E-state index contributed by atoms with van der Waals surface area (Å²) in [5.41, 5.74) is 3.23. The van der Waals surface area contributed by atoms with Crippen LogP contribution in [0.15, 0.2) is 42.5 Å². The lowest BCUT2D eigenvalue weighted by Gasteiger charge is -2.26. The van der Waals surface area contributed by atoms with Gasteiger partial charge in [0.1, 0.15) is 5.82 Å². The van der Waals surface area contributed by atoms with Crippen LogP contribution in [0.3, 0.4) is 0 Å². The average molecular weight is 458 g/mol. The Bertz CT molecular complexity index is 1130. The highest BCUT2D eigenvalue weighted by atomic mass is 32.2. The van der Waals surface area contributed by atoms with Crippen LogP contribution in [0.25, 0.3) is 5.69 Å². The number of hydrogen-bond acceptors (Lipinski definition) is 4. The third-order valence-corrected chi connectivity index (χ3v) is 6.38. The third kappa shape index (κ3) is 4.96. The number of aromatic nitrogens is 2. The van der Waals surface area contributed by atoms with Crippen LogP contribution < -0.4 is 4.74 Å². The fourth-order valence-electron chi connectivity index (χ4n) is 3.73. The number of amides is 1. The monoisotopic (exact) mass is 457 g/mol. The van der Waals surface area contributed by atoms with Crippen LogP contribution in [0.1, 0.15) is 23.2 Å². The molecule has 0 N–H and O–H groups in total. The molecule has 2 heterocycles. The number of carbonyl (C=O) groups is 1. The van der Waals surface area contributed by atoms with Crippen molar-refractivity contribution in [3.05, 3.63) is 70.9 Å². The molecule has 0 unspecified atom stereocenters. The molecule has 0 atom stereocenters. The summed E-state index contributed by atoms with van der Waals surface area (Å²) in [7, 11) is 0. The lowest BCUT2D eigenvalue weighted by molar-refractivity contribution is -0.130. The van der Waals surface area contributed by atoms with E-state index in [-0.39, 0.29) is 11.7 Å². The van der Waals surface area contributed by atoms with Crippen LogP contribution >= 0.6 is 11.8 Å². The van der Waals surface area contributed by atoms with Gasteiger partial charge in [0.15, 0.2) is 11.6 Å². The van der Waals surface area contributed by atoms with Crippen molar-refractivity contribution in [3.63, 3.8) is 0 Å². The summed E-state index contributed by atoms with van der Waals surface area (Å²) in [6, 6.07) is 10.9. The number of thioether (sulfide) groups is 1. The summed E-state index contributed by atoms with van der Waals surface area (Å²) in [5.74, 6) is 0.757. The number of hydrogen-bond donors (Lipinski definition) is 0. The predicted octanol–water partition coefficient (Wildman–Crippen LogP) is 5.07. The molecule has 1 saturated heterocycles. The largest absolute Gasteiger partial charge is 0.436 e. The number of rotatable bonds is 6. The van der Waals surface area contributed by atoms with E-state index in [0.29, 0.717) is 24.4 Å². The zero-order valence-corrected chi connectivity index (χ0v) is 18.9. The van der Waals surface area contributed by atoms with Gasteiger partial charge >= 0.3 is 0 Å². The molecule has 0 spiro atoms. The minimum Gasteiger partial charge on any atom is -0.436 e. The zero-order valence-electron chi connectivity index (χ0n) is 18.1. The summed E-state index contributed by atoms with van der Waals surface area (Å²) in [4.78, 5) is 14.6. The molecular formula is C24H25F2N3O2S. The third-order valence-electron chi connectivity index (χ3n) is 5.44. The second-order valence-electron chi connectivity index (χ2n) is 7.79. The van der Waals surface area contributed by atoms with Crippen LogP contribution in [-0.2, 0) is 11.2 Å². The molecule has 4 rings (SSSR count). The normalized spacial score (nSPS) is 13.9. The zero-order chi connectivity index (χ0) is 22.7. The molecule has 1 fully saturated rings. The van der Waals surface area contributed by atoms with Crippen LogP contribution in [0.2, 0.25) is 0 Å². The Morgan fingerprint density at radius 1 is 1.12 bits per heavy atom. The molecule has 0 radical (unpaired) electrons. The fraction of sp³-hybridized carbons (Fsp3) is 0.333. The molecule has 5 nitrogen and oxygen atoms in total. The summed E-state index contributed by atoms with van der Waals surface area (Å²) < 4.78 is 35.3. The molecule has 168 valence electrons. The van der Waals surface area contributed by atoms with Gasteiger partial charge in [-0.1, -0.05) is 12.1 Å². The molecule has 2 aromatic carbocycles. The molecule has 3 aromatic rings. The van der Waals surface area contributed by atoms with E-state index in [2.05, 4.69) is 5.10 Å². The van der Waals surface area contributed by atoms with Gasteiger partial charge in [-0.05, 0) is 50.1 Å². The van der Waals surface area contributed by atoms with Crippen LogP contribution in [0.4, 0.5) is 8.78 Å². The smallest absolute Gasteiger partial charge is 0.226 e. The maximum atomic E-state index is 14.4. The summed E-state index contributed by atoms with van der Waals surface area (Å²) in [6.45, 7) is 5.33. The van der Waals surface area contributed by atoms with Crippen molar-refractivity contribution in [2.45, 2.75) is 26.7 Å². The first kappa shape index (κ1) is 22.3. The SMILES string of the molecule is Cc1cccc(-n2nc(C)c(CCC(=O)N3CCSCC3)c2Oc2ccc(F)cc2F)c1. The Morgan fingerprint density at radius 3 is 2.62 bits per heavy atom. The number of nitrogens with zero attached hydrogens (tertiary/aromatic N) is 3. The number of aryl methyl sites for hydroxylation is 2. The highest BCUT2D eigenvalue weighted by Crippen LogP contribution is 2.33. The first-order valence-corrected chi connectivity index (χ1v) is 11.7. The molecule has 0 aliphatic carbocycles. The van der Waals surface area contributed by atoms with E-state index in [1.165, 1.54) is 6.07 Å². The van der Waals surface area contributed by atoms with Gasteiger partial charge in [-0.3, -0.25) is 4.79 Å². The van der Waals surface area contributed by atoms with E-state index in [1.807, 2.05) is 54.8 Å². The molecule has 0 bridgehead atoms. The molecule has 1 amide bonds. The van der Waals surface area contributed by atoms with E-state index >= 15 is 0 Å². The molecule has 0 saturated carbocycles. The topological polar surface area (TPSA) is 47.4 Å². The van der Waals surface area contributed by atoms with E-state index < -0.39 is 11.6 Å². The number of ether oxygens (including phenoxy) is 1. The van der Waals surface area contributed by atoms with Gasteiger partial charge in [0.2, 0.25) is 11.8 Å². The van der Waals surface area contributed by atoms with Crippen molar-refractivity contribution in [2.24, 2.45) is 0 Å². The van der Waals surface area contributed by atoms with Crippen molar-refractivity contribution in [1.29, 1.82) is 0 Å². The van der Waals surface area contributed by atoms with Crippen molar-refractivity contribution in [1.82, 2.24) is 14.7 Å². The van der Waals surface area contributed by atoms with Crippen molar-refractivity contribution < 1.29 is 18.3 Å². The lowest BCUT2D eigenvalue weighted by Crippen LogP contribution is -2.38. The Kier molecular flexibility index (Phi) is 6.79. The first-order valence-electron chi connectivity index (χ1n) is 10.6. The number of carbonyl (C=O) groups excluding carboxylic acids is 1. The van der Waals surface area contributed by atoms with Gasteiger partial charge < -0.3 is 9.64 Å². The molecule has 1 aromatic heterocycles. The van der Waals surface area contributed by atoms with E-state index in [0.717, 1.165) is 53.5 Å². The Balaban J connectivity index is 1.67. The van der Waals surface area contributed by atoms with Gasteiger partial charge in [-0.15, -0.1) is 0 Å². The van der Waals surface area contributed by atoms with Gasteiger partial charge in [-0.2, -0.15) is 16.9 Å². The minimum absolute atomic E-state index is 0.0897. The second kappa shape index (κ2) is 9.73. The van der Waals surface area contributed by atoms with Gasteiger partial charge in [0.25, 0.3) is 0 Å². The lowest BCUT2D eigenvalue weighted by atomic mass is 10.1. The minimum atomic E-state index is -0.799. The summed E-state index contributed by atoms with van der Waals surface area (Å²) in [6.07, 6.45) is 0.728. The van der Waals surface area contributed by atoms with Crippen LogP contribution in [0, 0.1) is 25.5 Å². The summed E-state index contributed by atoms with van der Waals surface area (Å²) >= 11 is 1.85. The van der Waals surface area contributed by atoms with Crippen molar-refractivity contribution in [2.75, 3.05) is 24.6 Å². The van der Waals surface area contributed by atoms with E-state index in [1.54, 1.807) is 4.68 Å². The maximum Gasteiger partial charge on any atom is 0.226 e. The molecular weight excluding hydrogens is 432 g/mol. The Labute approximate surface area is 190 Å². The molecule has 1 aliphatic rings. The maximum absolute atomic E-state index is 14.4. The molecule has 32 heavy (non-hydrogen) atoms. The fourth-order valence-corrected chi connectivity index (χ4v) is 4.63. The predicted molar refractivity (Wildman–Crippen MR) is 122 cm³/mol. The standard InChI is InChI=1S/C24H25F2N3O2S/c1-16-4-3-5-19(14-16)29-24(31-22-8-6-18(25)15-21(22)26)20(17(2)27-29)7-9-23(30)28-10-12-32-13-11-28/h3-6,8,14-15H,7,9-13H2,1-2H3. The highest BCUT2D eigenvalue weighted by Gasteiger charge is 2.23. The van der Waals surface area contributed by atoms with Crippen LogP contribution in [0.5, 0.6) is 11.6 Å².